The number of nitrogens with two attached hydrogens (primary N) is 1. The number of hydrogen-bond acceptors (Lipinski definition) is 3. The van der Waals surface area contributed by atoms with Gasteiger partial charge in [0.15, 0.2) is 0 Å². The molecule has 1 heterocycles. The Bertz CT molecular complexity index is 597. The number of carbonyl (C=O) groups is 1. The van der Waals surface area contributed by atoms with E-state index in [9.17, 15) is 4.79 Å². The third-order valence-electron chi connectivity index (χ3n) is 3.45. The molecule has 0 aliphatic heterocycles. The summed E-state index contributed by atoms with van der Waals surface area (Å²) in [7, 11) is 0. The Morgan fingerprint density at radius 3 is 2.90 bits per heavy atom. The van der Waals surface area contributed by atoms with E-state index in [1.165, 1.54) is 0 Å². The molecule has 0 radical (unpaired) electrons. The van der Waals surface area contributed by atoms with Gasteiger partial charge in [-0.05, 0) is 43.7 Å². The predicted molar refractivity (Wildman–Crippen MR) is 81.5 cm³/mol. The lowest BCUT2D eigenvalue weighted by Crippen LogP contribution is -2.36. The maximum Gasteiger partial charge on any atom is 0.253 e. The van der Waals surface area contributed by atoms with Gasteiger partial charge in [0.05, 0.1) is 5.52 Å². The van der Waals surface area contributed by atoms with Crippen molar-refractivity contribution in [3.63, 3.8) is 0 Å². The molecule has 1 unspecified atom stereocenters. The summed E-state index contributed by atoms with van der Waals surface area (Å²) in [6, 6.07) is 9.49. The number of fused-ring (bicyclic) bond motifs is 1. The fourth-order valence-corrected chi connectivity index (χ4v) is 2.20. The van der Waals surface area contributed by atoms with E-state index < -0.39 is 0 Å². The third kappa shape index (κ3) is 3.14. The second-order valence-corrected chi connectivity index (χ2v) is 5.10. The minimum absolute atomic E-state index is 0.0542. The van der Waals surface area contributed by atoms with Crippen molar-refractivity contribution in [3.8, 4) is 0 Å². The first-order valence-electron chi connectivity index (χ1n) is 6.99. The molecule has 0 spiro atoms. The molecule has 106 valence electrons. The van der Waals surface area contributed by atoms with Crippen LogP contribution in [-0.4, -0.2) is 35.4 Å². The molecule has 0 bridgehead atoms. The molecule has 0 fully saturated rings. The van der Waals surface area contributed by atoms with E-state index in [-0.39, 0.29) is 5.91 Å². The predicted octanol–water partition coefficient (Wildman–Crippen LogP) is 2.29. The van der Waals surface area contributed by atoms with Gasteiger partial charge in [-0.3, -0.25) is 9.78 Å². The minimum atomic E-state index is 0.0542. The number of hydrogen-bond donors (Lipinski definition) is 1. The molecule has 1 aromatic heterocycles. The van der Waals surface area contributed by atoms with E-state index in [2.05, 4.69) is 11.9 Å². The lowest BCUT2D eigenvalue weighted by atomic mass is 10.1. The summed E-state index contributed by atoms with van der Waals surface area (Å²) >= 11 is 0. The Balaban J connectivity index is 2.24. The highest BCUT2D eigenvalue weighted by Crippen LogP contribution is 2.15. The summed E-state index contributed by atoms with van der Waals surface area (Å²) in [4.78, 5) is 18.6. The molecule has 1 atom stereocenters. The molecule has 2 N–H and O–H groups in total. The maximum atomic E-state index is 12.5. The van der Waals surface area contributed by atoms with E-state index in [0.29, 0.717) is 31.1 Å². The number of nitrogens with zero attached hydrogens (tertiary/aromatic N) is 2. The molecule has 2 aromatic rings. The summed E-state index contributed by atoms with van der Waals surface area (Å²) in [5.74, 6) is 0.361. The largest absolute Gasteiger partial charge is 0.339 e. The second kappa shape index (κ2) is 6.48. The van der Waals surface area contributed by atoms with Crippen LogP contribution in [0.3, 0.4) is 0 Å². The average molecular weight is 271 g/mol. The summed E-state index contributed by atoms with van der Waals surface area (Å²) in [6.07, 6.45) is 1.76. The number of benzene rings is 1. The van der Waals surface area contributed by atoms with Crippen LogP contribution >= 0.6 is 0 Å². The molecule has 2 rings (SSSR count). The molecule has 20 heavy (non-hydrogen) atoms. The van der Waals surface area contributed by atoms with Crippen molar-refractivity contribution >= 4 is 16.8 Å². The number of rotatable bonds is 5. The fraction of sp³-hybridized carbons (Fsp3) is 0.375. The molecular weight excluding hydrogens is 250 g/mol. The lowest BCUT2D eigenvalue weighted by Gasteiger charge is -2.24. The third-order valence-corrected chi connectivity index (χ3v) is 3.45. The van der Waals surface area contributed by atoms with Crippen molar-refractivity contribution < 1.29 is 4.79 Å². The Hall–Kier alpha value is -1.94. The van der Waals surface area contributed by atoms with Crippen LogP contribution in [0, 0.1) is 5.92 Å². The zero-order chi connectivity index (χ0) is 14.5. The molecule has 1 amide bonds. The van der Waals surface area contributed by atoms with Crippen molar-refractivity contribution in [2.24, 2.45) is 11.7 Å². The highest BCUT2D eigenvalue weighted by molar-refractivity contribution is 5.97. The van der Waals surface area contributed by atoms with Gasteiger partial charge in [-0.2, -0.15) is 0 Å². The Morgan fingerprint density at radius 2 is 2.20 bits per heavy atom. The maximum absolute atomic E-state index is 12.5. The zero-order valence-corrected chi connectivity index (χ0v) is 12.0. The van der Waals surface area contributed by atoms with Crippen LogP contribution in [0.4, 0.5) is 0 Å². The van der Waals surface area contributed by atoms with Crippen LogP contribution < -0.4 is 5.73 Å². The van der Waals surface area contributed by atoms with Gasteiger partial charge in [0.2, 0.25) is 0 Å². The van der Waals surface area contributed by atoms with Crippen LogP contribution in [0.5, 0.6) is 0 Å². The van der Waals surface area contributed by atoms with Crippen molar-refractivity contribution in [2.45, 2.75) is 13.8 Å². The highest BCUT2D eigenvalue weighted by atomic mass is 16.2. The van der Waals surface area contributed by atoms with Gasteiger partial charge in [-0.25, -0.2) is 0 Å². The first kappa shape index (κ1) is 14.5. The molecule has 0 aliphatic rings. The van der Waals surface area contributed by atoms with Crippen molar-refractivity contribution in [2.75, 3.05) is 19.6 Å². The standard InChI is InChI=1S/C16H21N3O/c1-3-19(11-12(2)10-17)16(20)14-6-7-15-13(9-14)5-4-8-18-15/h4-9,12H,3,10-11,17H2,1-2H3. The van der Waals surface area contributed by atoms with Crippen LogP contribution in [0.2, 0.25) is 0 Å². The van der Waals surface area contributed by atoms with Crippen LogP contribution in [-0.2, 0) is 0 Å². The Kier molecular flexibility index (Phi) is 4.69. The van der Waals surface area contributed by atoms with E-state index in [1.54, 1.807) is 6.20 Å². The zero-order valence-electron chi connectivity index (χ0n) is 12.0. The van der Waals surface area contributed by atoms with E-state index in [1.807, 2.05) is 42.2 Å². The average Bonchev–Trinajstić information content (AvgIpc) is 2.51. The SMILES string of the molecule is CCN(CC(C)CN)C(=O)c1ccc2ncccc2c1. The van der Waals surface area contributed by atoms with Gasteiger partial charge in [-0.1, -0.05) is 13.0 Å². The van der Waals surface area contributed by atoms with Gasteiger partial charge in [-0.15, -0.1) is 0 Å². The van der Waals surface area contributed by atoms with Crippen molar-refractivity contribution in [3.05, 3.63) is 42.1 Å². The quantitative estimate of drug-likeness (QED) is 0.907. The molecular formula is C16H21N3O. The number of pyridine rings is 1. The van der Waals surface area contributed by atoms with Crippen LogP contribution in [0.25, 0.3) is 10.9 Å². The van der Waals surface area contributed by atoms with Gasteiger partial charge in [0, 0.05) is 30.2 Å². The second-order valence-electron chi connectivity index (χ2n) is 5.10. The normalized spacial score (nSPS) is 12.3. The Labute approximate surface area is 119 Å². The number of aromatic nitrogens is 1. The summed E-state index contributed by atoms with van der Waals surface area (Å²) in [5, 5.41) is 0.987. The Morgan fingerprint density at radius 1 is 1.40 bits per heavy atom. The smallest absolute Gasteiger partial charge is 0.253 e. The first-order chi connectivity index (χ1) is 9.65. The van der Waals surface area contributed by atoms with Gasteiger partial charge in [0.25, 0.3) is 5.91 Å². The molecule has 4 nitrogen and oxygen atoms in total. The van der Waals surface area contributed by atoms with E-state index in [4.69, 9.17) is 5.73 Å². The monoisotopic (exact) mass is 271 g/mol. The van der Waals surface area contributed by atoms with E-state index >= 15 is 0 Å². The van der Waals surface area contributed by atoms with Gasteiger partial charge >= 0.3 is 0 Å². The van der Waals surface area contributed by atoms with Crippen LogP contribution in [0.1, 0.15) is 24.2 Å². The molecule has 0 aliphatic carbocycles. The van der Waals surface area contributed by atoms with Gasteiger partial charge < -0.3 is 10.6 Å². The van der Waals surface area contributed by atoms with Crippen molar-refractivity contribution in [1.29, 1.82) is 0 Å². The molecule has 0 saturated carbocycles. The first-order valence-corrected chi connectivity index (χ1v) is 6.99. The molecule has 0 saturated heterocycles. The summed E-state index contributed by atoms with van der Waals surface area (Å²) in [6.45, 7) is 6.01. The molecule has 4 heteroatoms. The van der Waals surface area contributed by atoms with Crippen molar-refractivity contribution in [1.82, 2.24) is 9.88 Å². The number of amides is 1. The fourth-order valence-electron chi connectivity index (χ4n) is 2.20. The minimum Gasteiger partial charge on any atom is -0.339 e. The summed E-state index contributed by atoms with van der Waals surface area (Å²) in [5.41, 5.74) is 7.25. The lowest BCUT2D eigenvalue weighted by molar-refractivity contribution is 0.0744. The van der Waals surface area contributed by atoms with Crippen LogP contribution in [0.15, 0.2) is 36.5 Å². The van der Waals surface area contributed by atoms with Gasteiger partial charge in [0.1, 0.15) is 0 Å². The summed E-state index contributed by atoms with van der Waals surface area (Å²) < 4.78 is 0. The topological polar surface area (TPSA) is 59.2 Å². The highest BCUT2D eigenvalue weighted by Gasteiger charge is 2.16. The molecule has 1 aromatic carbocycles. The van der Waals surface area contributed by atoms with E-state index in [0.717, 1.165) is 10.9 Å². The number of carbonyl (C=O) groups excluding carboxylic acids is 1.